The molecule has 0 aromatic carbocycles. The van der Waals surface area contributed by atoms with E-state index in [-0.39, 0.29) is 0 Å². The molecule has 1 fully saturated rings. The average molecular weight is 164 g/mol. The highest BCUT2D eigenvalue weighted by molar-refractivity contribution is 7.06. The first kappa shape index (κ1) is 6.81. The average Bonchev–Trinajstić information content (AvgIpc) is 2.76. The van der Waals surface area contributed by atoms with E-state index < -0.39 is 0 Å². The lowest BCUT2D eigenvalue weighted by molar-refractivity contribution is 1.06. The van der Waals surface area contributed by atoms with Gasteiger partial charge >= 0.3 is 0 Å². The molecule has 2 nitrogen and oxygen atoms in total. The molecule has 56 valence electrons. The summed E-state index contributed by atoms with van der Waals surface area (Å²) in [6, 6.07) is 2.21. The highest BCUT2D eigenvalue weighted by Crippen LogP contribution is 2.42. The van der Waals surface area contributed by atoms with Crippen molar-refractivity contribution in [3.8, 4) is 6.07 Å². The lowest BCUT2D eigenvalue weighted by Gasteiger charge is -1.88. The van der Waals surface area contributed by atoms with Gasteiger partial charge in [0.2, 0.25) is 0 Å². The molecular weight excluding hydrogens is 156 g/mol. The van der Waals surface area contributed by atoms with E-state index >= 15 is 0 Å². The van der Waals surface area contributed by atoms with Crippen molar-refractivity contribution >= 4 is 11.5 Å². The molecular formula is C8H8N2S. The van der Waals surface area contributed by atoms with E-state index in [4.69, 9.17) is 5.26 Å². The van der Waals surface area contributed by atoms with Crippen molar-refractivity contribution < 1.29 is 0 Å². The number of aromatic nitrogens is 1. The Labute approximate surface area is 69.6 Å². The molecule has 0 atom stereocenters. The number of aryl methyl sites for hydroxylation is 1. The van der Waals surface area contributed by atoms with Gasteiger partial charge in [0.05, 0.1) is 11.3 Å². The van der Waals surface area contributed by atoms with Gasteiger partial charge < -0.3 is 0 Å². The Morgan fingerprint density at radius 2 is 2.36 bits per heavy atom. The van der Waals surface area contributed by atoms with Crippen LogP contribution in [-0.2, 0) is 0 Å². The van der Waals surface area contributed by atoms with Crippen LogP contribution in [0.25, 0.3) is 0 Å². The predicted octanol–water partition coefficient (Wildman–Crippen LogP) is 2.20. The van der Waals surface area contributed by atoms with Gasteiger partial charge in [0.1, 0.15) is 6.07 Å². The molecule has 0 saturated heterocycles. The zero-order chi connectivity index (χ0) is 7.84. The summed E-state index contributed by atoms with van der Waals surface area (Å²) >= 11 is 1.45. The highest BCUT2D eigenvalue weighted by atomic mass is 32.1. The molecule has 0 spiro atoms. The van der Waals surface area contributed by atoms with Crippen molar-refractivity contribution in [2.75, 3.05) is 0 Å². The first-order valence-corrected chi connectivity index (χ1v) is 4.46. The minimum atomic E-state index is 0.606. The van der Waals surface area contributed by atoms with Crippen LogP contribution in [0.3, 0.4) is 0 Å². The van der Waals surface area contributed by atoms with Crippen molar-refractivity contribution in [1.29, 1.82) is 5.26 Å². The van der Waals surface area contributed by atoms with Gasteiger partial charge in [0.25, 0.3) is 0 Å². The second-order valence-corrected chi connectivity index (χ2v) is 3.86. The SMILES string of the molecule is Cc1snc(C2CC2)c1C#N. The van der Waals surface area contributed by atoms with Crippen molar-refractivity contribution in [3.05, 3.63) is 16.1 Å². The summed E-state index contributed by atoms with van der Waals surface area (Å²) in [5.74, 6) is 0.606. The van der Waals surface area contributed by atoms with Crippen LogP contribution in [0.5, 0.6) is 0 Å². The van der Waals surface area contributed by atoms with Gasteiger partial charge in [-0.05, 0) is 31.3 Å². The van der Waals surface area contributed by atoms with Crippen LogP contribution in [0.15, 0.2) is 0 Å². The third-order valence-corrected chi connectivity index (χ3v) is 2.73. The smallest absolute Gasteiger partial charge is 0.102 e. The normalized spacial score (nSPS) is 16.4. The quantitative estimate of drug-likeness (QED) is 0.638. The monoisotopic (exact) mass is 164 g/mol. The van der Waals surface area contributed by atoms with E-state index in [1.807, 2.05) is 6.92 Å². The van der Waals surface area contributed by atoms with Crippen LogP contribution >= 0.6 is 11.5 Å². The minimum Gasteiger partial charge on any atom is -0.196 e. The molecule has 1 aromatic rings. The summed E-state index contributed by atoms with van der Waals surface area (Å²) in [4.78, 5) is 1.06. The topological polar surface area (TPSA) is 36.7 Å². The fraction of sp³-hybridized carbons (Fsp3) is 0.500. The fourth-order valence-electron chi connectivity index (χ4n) is 1.16. The fourth-order valence-corrected chi connectivity index (χ4v) is 1.88. The van der Waals surface area contributed by atoms with Gasteiger partial charge in [-0.15, -0.1) is 0 Å². The van der Waals surface area contributed by atoms with E-state index in [1.165, 1.54) is 24.4 Å². The van der Waals surface area contributed by atoms with Gasteiger partial charge in [0.15, 0.2) is 0 Å². The van der Waals surface area contributed by atoms with E-state index in [9.17, 15) is 0 Å². The van der Waals surface area contributed by atoms with Crippen LogP contribution in [0.2, 0.25) is 0 Å². The Bertz CT molecular complexity index is 317. The molecule has 1 heterocycles. The first-order valence-electron chi connectivity index (χ1n) is 3.69. The largest absolute Gasteiger partial charge is 0.196 e. The Kier molecular flexibility index (Phi) is 1.43. The molecule has 3 heteroatoms. The summed E-state index contributed by atoms with van der Waals surface area (Å²) in [5.41, 5.74) is 1.88. The van der Waals surface area contributed by atoms with Crippen LogP contribution in [-0.4, -0.2) is 4.37 Å². The van der Waals surface area contributed by atoms with E-state index in [0.29, 0.717) is 5.92 Å². The number of rotatable bonds is 1. The molecule has 0 bridgehead atoms. The van der Waals surface area contributed by atoms with Gasteiger partial charge in [-0.25, -0.2) is 0 Å². The molecule has 0 N–H and O–H groups in total. The maximum Gasteiger partial charge on any atom is 0.102 e. The number of hydrogen-bond donors (Lipinski definition) is 0. The number of hydrogen-bond acceptors (Lipinski definition) is 3. The summed E-state index contributed by atoms with van der Waals surface area (Å²) in [6.07, 6.45) is 2.44. The Hall–Kier alpha value is -0.880. The maximum atomic E-state index is 8.78. The third kappa shape index (κ3) is 1.04. The van der Waals surface area contributed by atoms with Crippen molar-refractivity contribution in [3.63, 3.8) is 0 Å². The minimum absolute atomic E-state index is 0.606. The standard InChI is InChI=1S/C8H8N2S/c1-5-7(4-9)8(10-11-5)6-2-3-6/h6H,2-3H2,1H3. The van der Waals surface area contributed by atoms with Crippen LogP contribution in [0.1, 0.15) is 34.9 Å². The second kappa shape index (κ2) is 2.31. The molecule has 11 heavy (non-hydrogen) atoms. The Balaban J connectivity index is 2.47. The molecule has 0 amide bonds. The molecule has 0 aliphatic heterocycles. The molecule has 0 unspecified atom stereocenters. The summed E-state index contributed by atoms with van der Waals surface area (Å²) in [6.45, 7) is 1.96. The third-order valence-electron chi connectivity index (χ3n) is 1.96. The maximum absolute atomic E-state index is 8.78. The molecule has 2 rings (SSSR count). The zero-order valence-electron chi connectivity index (χ0n) is 6.29. The van der Waals surface area contributed by atoms with Gasteiger partial charge in [-0.3, -0.25) is 0 Å². The van der Waals surface area contributed by atoms with Gasteiger partial charge in [-0.1, -0.05) is 0 Å². The number of nitriles is 1. The van der Waals surface area contributed by atoms with Crippen molar-refractivity contribution in [2.45, 2.75) is 25.7 Å². The highest BCUT2D eigenvalue weighted by Gasteiger charge is 2.29. The first-order chi connectivity index (χ1) is 5.33. The molecule has 1 saturated carbocycles. The Morgan fingerprint density at radius 1 is 1.64 bits per heavy atom. The van der Waals surface area contributed by atoms with E-state index in [0.717, 1.165) is 16.1 Å². The van der Waals surface area contributed by atoms with Crippen molar-refractivity contribution in [1.82, 2.24) is 4.37 Å². The molecule has 1 aromatic heterocycles. The lowest BCUT2D eigenvalue weighted by atomic mass is 10.1. The summed E-state index contributed by atoms with van der Waals surface area (Å²) < 4.78 is 4.27. The van der Waals surface area contributed by atoms with E-state index in [2.05, 4.69) is 10.4 Å². The van der Waals surface area contributed by atoms with Crippen LogP contribution in [0.4, 0.5) is 0 Å². The lowest BCUT2D eigenvalue weighted by Crippen LogP contribution is -1.83. The Morgan fingerprint density at radius 3 is 2.91 bits per heavy atom. The molecule has 1 aliphatic carbocycles. The predicted molar refractivity (Wildman–Crippen MR) is 43.5 cm³/mol. The zero-order valence-corrected chi connectivity index (χ0v) is 7.11. The second-order valence-electron chi connectivity index (χ2n) is 2.89. The molecule has 1 aliphatic rings. The number of nitrogens with zero attached hydrogens (tertiary/aromatic N) is 2. The molecule has 0 radical (unpaired) electrons. The van der Waals surface area contributed by atoms with Crippen LogP contribution < -0.4 is 0 Å². The van der Waals surface area contributed by atoms with Gasteiger partial charge in [-0.2, -0.15) is 9.64 Å². The van der Waals surface area contributed by atoms with E-state index in [1.54, 1.807) is 0 Å². The van der Waals surface area contributed by atoms with Crippen LogP contribution in [0, 0.1) is 18.3 Å². The summed E-state index contributed by atoms with van der Waals surface area (Å²) in [5, 5.41) is 8.78. The summed E-state index contributed by atoms with van der Waals surface area (Å²) in [7, 11) is 0. The van der Waals surface area contributed by atoms with Gasteiger partial charge in [0, 0.05) is 10.8 Å². The van der Waals surface area contributed by atoms with Crippen molar-refractivity contribution in [2.24, 2.45) is 0 Å².